The molecule has 1 unspecified atom stereocenters. The lowest BCUT2D eigenvalue weighted by Gasteiger charge is -2.21. The number of halogens is 1. The first-order valence-electron chi connectivity index (χ1n) is 6.18. The maximum Gasteiger partial charge on any atom is 0.257 e. The number of nitrogens with one attached hydrogen (secondary N) is 2. The quantitative estimate of drug-likeness (QED) is 0.771. The first-order valence-corrected chi connectivity index (χ1v) is 6.56. The third-order valence-corrected chi connectivity index (χ3v) is 3.59. The average molecular weight is 298 g/mol. The third kappa shape index (κ3) is 2.71. The van der Waals surface area contributed by atoms with Crippen LogP contribution in [0.2, 0.25) is 5.02 Å². The van der Waals surface area contributed by atoms with Gasteiger partial charge < -0.3 is 20.6 Å². The Bertz CT molecular complexity index is 562. The molecular formula is C13H16ClN3O3. The first kappa shape index (κ1) is 14.6. The zero-order valence-electron chi connectivity index (χ0n) is 11.2. The molecule has 6 nitrogen and oxygen atoms in total. The maximum absolute atomic E-state index is 11.4. The predicted molar refractivity (Wildman–Crippen MR) is 77.0 cm³/mol. The predicted octanol–water partition coefficient (Wildman–Crippen LogP) is 0.898. The van der Waals surface area contributed by atoms with Crippen LogP contribution < -0.4 is 15.5 Å². The monoisotopic (exact) mass is 297 g/mol. The molecule has 1 aliphatic heterocycles. The smallest absolute Gasteiger partial charge is 0.257 e. The number of benzene rings is 1. The summed E-state index contributed by atoms with van der Waals surface area (Å²) < 4.78 is 0. The fourth-order valence-corrected chi connectivity index (χ4v) is 2.38. The molecule has 0 aromatic heterocycles. The van der Waals surface area contributed by atoms with Crippen molar-refractivity contribution in [2.75, 3.05) is 30.9 Å². The van der Waals surface area contributed by atoms with Gasteiger partial charge in [-0.05, 0) is 12.1 Å². The van der Waals surface area contributed by atoms with Crippen molar-refractivity contribution in [1.29, 1.82) is 0 Å². The molecule has 0 saturated carbocycles. The van der Waals surface area contributed by atoms with Gasteiger partial charge in [-0.3, -0.25) is 9.59 Å². The van der Waals surface area contributed by atoms with Gasteiger partial charge in [0.05, 0.1) is 10.7 Å². The summed E-state index contributed by atoms with van der Waals surface area (Å²) in [5.41, 5.74) is 1.72. The fourth-order valence-electron chi connectivity index (χ4n) is 2.06. The van der Waals surface area contributed by atoms with Gasteiger partial charge in [0.1, 0.15) is 0 Å². The van der Waals surface area contributed by atoms with Gasteiger partial charge in [-0.2, -0.15) is 0 Å². The van der Waals surface area contributed by atoms with Crippen LogP contribution in [0.3, 0.4) is 0 Å². The van der Waals surface area contributed by atoms with Gasteiger partial charge >= 0.3 is 0 Å². The summed E-state index contributed by atoms with van der Waals surface area (Å²) in [6, 6.07) is 3.28. The molecule has 2 amide bonds. The van der Waals surface area contributed by atoms with Crippen LogP contribution in [0.15, 0.2) is 12.1 Å². The van der Waals surface area contributed by atoms with Gasteiger partial charge in [-0.15, -0.1) is 0 Å². The Morgan fingerprint density at radius 2 is 2.25 bits per heavy atom. The molecule has 0 spiro atoms. The van der Waals surface area contributed by atoms with E-state index < -0.39 is 12.0 Å². The van der Waals surface area contributed by atoms with Gasteiger partial charge in [-0.1, -0.05) is 11.6 Å². The number of carbonyl (C=O) groups is 2. The summed E-state index contributed by atoms with van der Waals surface area (Å²) in [4.78, 5) is 24.5. The zero-order chi connectivity index (χ0) is 14.9. The molecule has 1 aliphatic rings. The number of aliphatic hydroxyl groups is 1. The van der Waals surface area contributed by atoms with Crippen molar-refractivity contribution in [3.05, 3.63) is 22.7 Å². The van der Waals surface area contributed by atoms with Crippen LogP contribution in [-0.2, 0) is 9.59 Å². The number of rotatable bonds is 4. The number of aliphatic hydroxyl groups excluding tert-OH is 1. The minimum atomic E-state index is -1.17. The van der Waals surface area contributed by atoms with Gasteiger partial charge in [0.2, 0.25) is 5.91 Å². The van der Waals surface area contributed by atoms with E-state index in [1.807, 2.05) is 11.9 Å². The minimum absolute atomic E-state index is 0.0575. The second-order valence-corrected chi connectivity index (χ2v) is 5.03. The van der Waals surface area contributed by atoms with E-state index >= 15 is 0 Å². The number of anilines is 2. The fraction of sp³-hybridized carbons (Fsp3) is 0.385. The molecule has 3 N–H and O–H groups in total. The Balaban J connectivity index is 2.19. The highest BCUT2D eigenvalue weighted by atomic mass is 35.5. The highest BCUT2D eigenvalue weighted by molar-refractivity contribution is 6.33. The standard InChI is InChI=1S/C13H16ClN3O3/c1-15-11(18)3-4-17(2)10-6-9-7(5-8(10)14)12(19)13(20)16-9/h5-6,12,19H,3-4H2,1-2H3,(H,15,18)(H,16,20). The molecule has 1 heterocycles. The lowest BCUT2D eigenvalue weighted by atomic mass is 10.1. The number of carbonyl (C=O) groups excluding carboxylic acids is 2. The van der Waals surface area contributed by atoms with Crippen LogP contribution in [0.4, 0.5) is 11.4 Å². The van der Waals surface area contributed by atoms with Gasteiger partial charge in [0.25, 0.3) is 5.91 Å². The maximum atomic E-state index is 11.4. The summed E-state index contributed by atoms with van der Waals surface area (Å²) in [6.07, 6.45) is -0.831. The molecule has 0 fully saturated rings. The van der Waals surface area contributed by atoms with Crippen LogP contribution in [0, 0.1) is 0 Å². The van der Waals surface area contributed by atoms with E-state index in [0.29, 0.717) is 34.9 Å². The molecular weight excluding hydrogens is 282 g/mol. The highest BCUT2D eigenvalue weighted by Crippen LogP contribution is 2.38. The van der Waals surface area contributed by atoms with E-state index in [4.69, 9.17) is 11.6 Å². The molecule has 0 aliphatic carbocycles. The number of nitrogens with zero attached hydrogens (tertiary/aromatic N) is 1. The van der Waals surface area contributed by atoms with E-state index in [2.05, 4.69) is 10.6 Å². The third-order valence-electron chi connectivity index (χ3n) is 3.28. The van der Waals surface area contributed by atoms with Crippen molar-refractivity contribution in [3.63, 3.8) is 0 Å². The second kappa shape index (κ2) is 5.68. The van der Waals surface area contributed by atoms with E-state index in [1.165, 1.54) is 0 Å². The zero-order valence-corrected chi connectivity index (χ0v) is 12.0. The molecule has 0 saturated heterocycles. The van der Waals surface area contributed by atoms with Crippen molar-refractivity contribution in [3.8, 4) is 0 Å². The van der Waals surface area contributed by atoms with Gasteiger partial charge in [-0.25, -0.2) is 0 Å². The Hall–Kier alpha value is -1.79. The van der Waals surface area contributed by atoms with Crippen molar-refractivity contribution >= 4 is 34.8 Å². The average Bonchev–Trinajstić information content (AvgIpc) is 2.70. The topological polar surface area (TPSA) is 81.7 Å². The first-order chi connectivity index (χ1) is 9.43. The molecule has 1 atom stereocenters. The number of amides is 2. The minimum Gasteiger partial charge on any atom is -0.378 e. The van der Waals surface area contributed by atoms with Crippen molar-refractivity contribution in [1.82, 2.24) is 5.32 Å². The van der Waals surface area contributed by atoms with E-state index in [0.717, 1.165) is 0 Å². The summed E-state index contributed by atoms with van der Waals surface area (Å²) in [6.45, 7) is 0.495. The summed E-state index contributed by atoms with van der Waals surface area (Å²) in [5, 5.41) is 15.2. The molecule has 1 aromatic rings. The lowest BCUT2D eigenvalue weighted by Crippen LogP contribution is -2.26. The van der Waals surface area contributed by atoms with Crippen LogP contribution in [-0.4, -0.2) is 37.6 Å². The van der Waals surface area contributed by atoms with Gasteiger partial charge in [0.15, 0.2) is 6.10 Å². The Morgan fingerprint density at radius 1 is 1.55 bits per heavy atom. The molecule has 1 aromatic carbocycles. The molecule has 7 heteroatoms. The summed E-state index contributed by atoms with van der Waals surface area (Å²) in [7, 11) is 3.39. The Kier molecular flexibility index (Phi) is 4.15. The molecule has 2 rings (SSSR count). The Labute approximate surface area is 121 Å². The van der Waals surface area contributed by atoms with Crippen LogP contribution >= 0.6 is 11.6 Å². The molecule has 0 bridgehead atoms. The van der Waals surface area contributed by atoms with Crippen molar-refractivity contribution in [2.45, 2.75) is 12.5 Å². The van der Waals surface area contributed by atoms with Crippen molar-refractivity contribution in [2.24, 2.45) is 0 Å². The number of fused-ring (bicyclic) bond motifs is 1. The Morgan fingerprint density at radius 3 is 2.90 bits per heavy atom. The molecule has 0 radical (unpaired) electrons. The van der Waals surface area contributed by atoms with Crippen molar-refractivity contribution < 1.29 is 14.7 Å². The summed E-state index contributed by atoms with van der Waals surface area (Å²) in [5.74, 6) is -0.515. The molecule has 20 heavy (non-hydrogen) atoms. The van der Waals surface area contributed by atoms with E-state index in [9.17, 15) is 14.7 Å². The normalized spacial score (nSPS) is 16.6. The van der Waals surface area contributed by atoms with E-state index in [1.54, 1.807) is 19.2 Å². The molecule has 108 valence electrons. The SMILES string of the molecule is CNC(=O)CCN(C)c1cc2c(cc1Cl)C(O)C(=O)N2. The lowest BCUT2D eigenvalue weighted by molar-refractivity contribution is -0.123. The second-order valence-electron chi connectivity index (χ2n) is 4.63. The van der Waals surface area contributed by atoms with Crippen LogP contribution in [0.25, 0.3) is 0 Å². The van der Waals surface area contributed by atoms with Crippen LogP contribution in [0.1, 0.15) is 18.1 Å². The number of hydrogen-bond donors (Lipinski definition) is 3. The van der Waals surface area contributed by atoms with Crippen LogP contribution in [0.5, 0.6) is 0 Å². The van der Waals surface area contributed by atoms with E-state index in [-0.39, 0.29) is 5.91 Å². The van der Waals surface area contributed by atoms with Gasteiger partial charge in [0, 0.05) is 38.3 Å². The largest absolute Gasteiger partial charge is 0.378 e. The summed E-state index contributed by atoms with van der Waals surface area (Å²) >= 11 is 6.17. The number of hydrogen-bond acceptors (Lipinski definition) is 4. The highest BCUT2D eigenvalue weighted by Gasteiger charge is 2.29.